The highest BCUT2D eigenvalue weighted by Crippen LogP contribution is 2.42. The van der Waals surface area contributed by atoms with Gasteiger partial charge in [-0.3, -0.25) is 9.69 Å². The van der Waals surface area contributed by atoms with Gasteiger partial charge in [0.2, 0.25) is 5.91 Å². The van der Waals surface area contributed by atoms with Crippen LogP contribution in [0.1, 0.15) is 44.9 Å². The number of nitrogens with zero attached hydrogens (tertiary/aromatic N) is 2. The van der Waals surface area contributed by atoms with E-state index in [1.165, 1.54) is 45.2 Å². The molecule has 0 saturated carbocycles. The van der Waals surface area contributed by atoms with Crippen molar-refractivity contribution in [3.05, 3.63) is 0 Å². The van der Waals surface area contributed by atoms with Crippen molar-refractivity contribution in [3.63, 3.8) is 0 Å². The summed E-state index contributed by atoms with van der Waals surface area (Å²) in [6.45, 7) is 3.66. The first-order valence-electron chi connectivity index (χ1n) is 7.86. The Morgan fingerprint density at radius 3 is 2.72 bits per heavy atom. The predicted octanol–water partition coefficient (Wildman–Crippen LogP) is 1.87. The average Bonchev–Trinajstić information content (AvgIpc) is 2.40. The fraction of sp³-hybridized carbons (Fsp3) is 0.933. The Morgan fingerprint density at radius 1 is 0.944 bits per heavy atom. The zero-order chi connectivity index (χ0) is 12.1. The second-order valence-electron chi connectivity index (χ2n) is 6.82. The van der Waals surface area contributed by atoms with Crippen LogP contribution in [0.15, 0.2) is 0 Å². The van der Waals surface area contributed by atoms with E-state index in [0.29, 0.717) is 11.9 Å². The summed E-state index contributed by atoms with van der Waals surface area (Å²) in [4.78, 5) is 17.2. The van der Waals surface area contributed by atoms with Crippen LogP contribution < -0.4 is 0 Å². The first-order valence-corrected chi connectivity index (χ1v) is 7.86. The van der Waals surface area contributed by atoms with Crippen molar-refractivity contribution < 1.29 is 4.79 Å². The maximum absolute atomic E-state index is 12.1. The van der Waals surface area contributed by atoms with Gasteiger partial charge in [0.05, 0.1) is 0 Å². The molecule has 3 nitrogen and oxygen atoms in total. The number of fused-ring (bicyclic) bond motifs is 6. The molecule has 0 aromatic carbocycles. The summed E-state index contributed by atoms with van der Waals surface area (Å²) in [5, 5.41) is 0. The number of hydrogen-bond donors (Lipinski definition) is 0. The Morgan fingerprint density at radius 2 is 1.78 bits per heavy atom. The SMILES string of the molecule is O=C1CCCC2C3CC(CN12)[C@@H]1CCCCN1C3. The summed E-state index contributed by atoms with van der Waals surface area (Å²) < 4.78 is 0. The lowest BCUT2D eigenvalue weighted by Crippen LogP contribution is -2.64. The Hall–Kier alpha value is -0.570. The number of hydrogen-bond acceptors (Lipinski definition) is 2. The molecule has 4 aliphatic rings. The number of amides is 1. The molecule has 1 amide bonds. The van der Waals surface area contributed by atoms with Gasteiger partial charge in [-0.25, -0.2) is 0 Å². The summed E-state index contributed by atoms with van der Waals surface area (Å²) in [5.41, 5.74) is 0. The van der Waals surface area contributed by atoms with Crippen molar-refractivity contribution in [1.82, 2.24) is 9.80 Å². The molecule has 0 spiro atoms. The minimum atomic E-state index is 0.449. The molecule has 4 rings (SSSR count). The van der Waals surface area contributed by atoms with Crippen LogP contribution in [-0.4, -0.2) is 47.4 Å². The molecule has 100 valence electrons. The zero-order valence-corrected chi connectivity index (χ0v) is 11.2. The molecule has 0 N–H and O–H groups in total. The third-order valence-corrected chi connectivity index (χ3v) is 5.87. The van der Waals surface area contributed by atoms with Crippen LogP contribution in [0.25, 0.3) is 0 Å². The van der Waals surface area contributed by atoms with Gasteiger partial charge in [0.15, 0.2) is 0 Å². The Bertz CT molecular complexity index is 356. The molecule has 4 saturated heterocycles. The van der Waals surface area contributed by atoms with Crippen molar-refractivity contribution in [2.45, 2.75) is 57.0 Å². The lowest BCUT2D eigenvalue weighted by Gasteiger charge is -2.56. The maximum atomic E-state index is 12.1. The minimum absolute atomic E-state index is 0.449. The molecule has 0 aromatic rings. The van der Waals surface area contributed by atoms with Crippen molar-refractivity contribution in [1.29, 1.82) is 0 Å². The van der Waals surface area contributed by atoms with Gasteiger partial charge in [0, 0.05) is 31.6 Å². The van der Waals surface area contributed by atoms with Gasteiger partial charge in [0.1, 0.15) is 0 Å². The number of piperidine rings is 4. The average molecular weight is 248 g/mol. The van der Waals surface area contributed by atoms with Gasteiger partial charge in [-0.15, -0.1) is 0 Å². The van der Waals surface area contributed by atoms with Gasteiger partial charge < -0.3 is 4.90 Å². The maximum Gasteiger partial charge on any atom is 0.222 e. The third-order valence-electron chi connectivity index (χ3n) is 5.87. The number of carbonyl (C=O) groups is 1. The zero-order valence-electron chi connectivity index (χ0n) is 11.2. The van der Waals surface area contributed by atoms with Crippen LogP contribution in [-0.2, 0) is 4.79 Å². The number of rotatable bonds is 0. The van der Waals surface area contributed by atoms with E-state index < -0.39 is 0 Å². The van der Waals surface area contributed by atoms with Crippen LogP contribution in [0.3, 0.4) is 0 Å². The van der Waals surface area contributed by atoms with Crippen LogP contribution in [0.5, 0.6) is 0 Å². The highest BCUT2D eigenvalue weighted by atomic mass is 16.2. The largest absolute Gasteiger partial charge is 0.339 e. The Kier molecular flexibility index (Phi) is 2.65. The first kappa shape index (κ1) is 11.3. The monoisotopic (exact) mass is 248 g/mol. The molecule has 2 bridgehead atoms. The van der Waals surface area contributed by atoms with Crippen molar-refractivity contribution in [2.24, 2.45) is 11.8 Å². The van der Waals surface area contributed by atoms with Gasteiger partial charge in [0.25, 0.3) is 0 Å². The van der Waals surface area contributed by atoms with Crippen molar-refractivity contribution in [3.8, 4) is 0 Å². The number of carbonyl (C=O) groups excluding carboxylic acids is 1. The highest BCUT2D eigenvalue weighted by molar-refractivity contribution is 5.77. The fourth-order valence-electron chi connectivity index (χ4n) is 5.10. The van der Waals surface area contributed by atoms with E-state index in [1.54, 1.807) is 0 Å². The van der Waals surface area contributed by atoms with Crippen LogP contribution in [0, 0.1) is 11.8 Å². The molecule has 4 fully saturated rings. The molecule has 3 unspecified atom stereocenters. The summed E-state index contributed by atoms with van der Waals surface area (Å²) in [7, 11) is 0. The summed E-state index contributed by atoms with van der Waals surface area (Å²) in [6, 6.07) is 1.39. The van der Waals surface area contributed by atoms with E-state index in [4.69, 9.17) is 0 Å². The Balaban J connectivity index is 1.59. The van der Waals surface area contributed by atoms with Crippen LogP contribution in [0.4, 0.5) is 0 Å². The Labute approximate surface area is 110 Å². The predicted molar refractivity (Wildman–Crippen MR) is 70.2 cm³/mol. The lowest BCUT2D eigenvalue weighted by molar-refractivity contribution is -0.148. The molecule has 0 aromatic heterocycles. The van der Waals surface area contributed by atoms with Gasteiger partial charge >= 0.3 is 0 Å². The molecular formula is C15H24N2O. The normalized spacial score (nSPS) is 44.4. The van der Waals surface area contributed by atoms with Gasteiger partial charge in [-0.05, 0) is 50.5 Å². The fourth-order valence-corrected chi connectivity index (χ4v) is 5.10. The summed E-state index contributed by atoms with van der Waals surface area (Å²) >= 11 is 0. The highest BCUT2D eigenvalue weighted by Gasteiger charge is 2.47. The van der Waals surface area contributed by atoms with E-state index >= 15 is 0 Å². The lowest BCUT2D eigenvalue weighted by atomic mass is 9.71. The van der Waals surface area contributed by atoms with Crippen molar-refractivity contribution in [2.75, 3.05) is 19.6 Å². The molecule has 4 heterocycles. The van der Waals surface area contributed by atoms with E-state index in [-0.39, 0.29) is 0 Å². The van der Waals surface area contributed by atoms with Crippen molar-refractivity contribution >= 4 is 5.91 Å². The molecule has 0 radical (unpaired) electrons. The quantitative estimate of drug-likeness (QED) is 0.653. The summed E-state index contributed by atoms with van der Waals surface area (Å²) in [6.07, 6.45) is 8.78. The molecule has 0 aliphatic carbocycles. The molecule has 3 heteroatoms. The third kappa shape index (κ3) is 1.63. The molecule has 18 heavy (non-hydrogen) atoms. The van der Waals surface area contributed by atoms with E-state index in [2.05, 4.69) is 9.80 Å². The van der Waals surface area contributed by atoms with E-state index in [9.17, 15) is 4.79 Å². The van der Waals surface area contributed by atoms with Gasteiger partial charge in [-0.1, -0.05) is 6.42 Å². The smallest absolute Gasteiger partial charge is 0.222 e. The van der Waals surface area contributed by atoms with Crippen LogP contribution >= 0.6 is 0 Å². The topological polar surface area (TPSA) is 23.6 Å². The molecule has 4 aliphatic heterocycles. The molecule has 4 atom stereocenters. The first-order chi connectivity index (χ1) is 8.83. The van der Waals surface area contributed by atoms with Gasteiger partial charge in [-0.2, -0.15) is 0 Å². The van der Waals surface area contributed by atoms with E-state index in [1.807, 2.05) is 0 Å². The summed E-state index contributed by atoms with van der Waals surface area (Å²) in [5.74, 6) is 2.01. The second-order valence-corrected chi connectivity index (χ2v) is 6.82. The molecular weight excluding hydrogens is 224 g/mol. The van der Waals surface area contributed by atoms with Crippen LogP contribution in [0.2, 0.25) is 0 Å². The van der Waals surface area contributed by atoms with E-state index in [0.717, 1.165) is 37.3 Å². The second kappa shape index (κ2) is 4.22. The minimum Gasteiger partial charge on any atom is -0.339 e. The standard InChI is InChI=1S/C15H24N2O/c18-15-6-3-5-14-11-8-12(10-17(14)15)13-4-1-2-7-16(13)9-11/h11-14H,1-10H2/t11?,12?,13-,14?/m0/s1.